The van der Waals surface area contributed by atoms with E-state index >= 15 is 0 Å². The molecule has 3 aliphatic rings. The summed E-state index contributed by atoms with van der Waals surface area (Å²) >= 11 is 0. The number of hydrogen-bond acceptors (Lipinski definition) is 13. The summed E-state index contributed by atoms with van der Waals surface area (Å²) in [6.45, 7) is 8.62. The number of aryl methyl sites for hydroxylation is 1. The number of amides is 1. The Balaban J connectivity index is 1.09. The number of hydrogen-bond donors (Lipinski definition) is 1. The van der Waals surface area contributed by atoms with E-state index < -0.39 is 5.60 Å². The molecule has 43 heavy (non-hydrogen) atoms. The molecule has 7 heterocycles. The van der Waals surface area contributed by atoms with Crippen LogP contribution in [0.15, 0.2) is 35.0 Å². The largest absolute Gasteiger partial charge is 0.491 e. The van der Waals surface area contributed by atoms with Gasteiger partial charge in [0.25, 0.3) is 5.88 Å². The molecule has 1 amide bonds. The fourth-order valence-electron chi connectivity index (χ4n) is 5.00. The van der Waals surface area contributed by atoms with Crippen molar-refractivity contribution in [1.29, 1.82) is 0 Å². The molecule has 3 aliphatic heterocycles. The average Bonchev–Trinajstić information content (AvgIpc) is 3.66. The summed E-state index contributed by atoms with van der Waals surface area (Å²) in [5, 5.41) is 20.8. The van der Waals surface area contributed by atoms with Crippen LogP contribution in [0.3, 0.4) is 0 Å². The number of ether oxygens (including phenoxy) is 3. The van der Waals surface area contributed by atoms with Crippen molar-refractivity contribution in [2.45, 2.75) is 39.3 Å². The van der Waals surface area contributed by atoms with Gasteiger partial charge in [0.1, 0.15) is 22.5 Å². The second-order valence-electron chi connectivity index (χ2n) is 11.4. The van der Waals surface area contributed by atoms with Crippen molar-refractivity contribution in [3.05, 3.63) is 46.8 Å². The first-order chi connectivity index (χ1) is 20.7. The van der Waals surface area contributed by atoms with Gasteiger partial charge in [-0.05, 0) is 45.9 Å². The van der Waals surface area contributed by atoms with Crippen molar-refractivity contribution >= 4 is 35.5 Å². The fourth-order valence-corrected chi connectivity index (χ4v) is 5.00. The second kappa shape index (κ2) is 9.89. The Morgan fingerprint density at radius 1 is 1.19 bits per heavy atom. The number of fused-ring (bicyclic) bond motifs is 3. The molecule has 0 saturated carbocycles. The maximum atomic E-state index is 12.4. The predicted octanol–water partition coefficient (Wildman–Crippen LogP) is 1.32. The highest BCUT2D eigenvalue weighted by atomic mass is 16.6. The standard InChI is InChI=1S/C28H30N10O5/c1-16-9-19(34-43-16)25-32-31-23-11-22(40-5)26(33-38(23)25)41-15-35-8-6-7-17-10-21-20(30-24(17)35)12-29-37(21)18-13-36(14-18)27(39)42-28(2,3)4/h6-12,18,29H,13-15H2,1-5H3. The van der Waals surface area contributed by atoms with Crippen LogP contribution in [0, 0.1) is 6.92 Å². The van der Waals surface area contributed by atoms with Gasteiger partial charge in [0.15, 0.2) is 23.8 Å². The summed E-state index contributed by atoms with van der Waals surface area (Å²) in [5.41, 5.74) is 4.71. The van der Waals surface area contributed by atoms with Crippen LogP contribution in [-0.2, 0) is 4.74 Å². The maximum Gasteiger partial charge on any atom is 0.410 e. The molecule has 1 saturated heterocycles. The zero-order valence-corrected chi connectivity index (χ0v) is 24.3. The zero-order valence-electron chi connectivity index (χ0n) is 24.3. The Morgan fingerprint density at radius 3 is 2.77 bits per heavy atom. The summed E-state index contributed by atoms with van der Waals surface area (Å²) in [4.78, 5) is 20.9. The van der Waals surface area contributed by atoms with E-state index in [4.69, 9.17) is 23.7 Å². The van der Waals surface area contributed by atoms with Gasteiger partial charge in [-0.2, -0.15) is 4.52 Å². The second-order valence-corrected chi connectivity index (χ2v) is 11.4. The van der Waals surface area contributed by atoms with Crippen LogP contribution < -0.4 is 35.4 Å². The maximum absolute atomic E-state index is 12.4. The highest BCUT2D eigenvalue weighted by Gasteiger charge is 2.39. The first kappa shape index (κ1) is 26.6. The molecule has 4 aromatic heterocycles. The van der Waals surface area contributed by atoms with Crippen molar-refractivity contribution < 1.29 is 23.5 Å². The van der Waals surface area contributed by atoms with Gasteiger partial charge in [-0.3, -0.25) is 9.91 Å². The third-order valence-electron chi connectivity index (χ3n) is 7.08. The molecule has 1 N–H and O–H groups in total. The monoisotopic (exact) mass is 586 g/mol. The minimum atomic E-state index is -0.527. The van der Waals surface area contributed by atoms with E-state index in [1.54, 1.807) is 24.0 Å². The van der Waals surface area contributed by atoms with Crippen LogP contribution in [0.5, 0.6) is 11.6 Å². The molecule has 0 radical (unpaired) electrons. The molecule has 222 valence electrons. The van der Waals surface area contributed by atoms with Crippen molar-refractivity contribution in [2.75, 3.05) is 36.8 Å². The Bertz CT molecular complexity index is 1890. The summed E-state index contributed by atoms with van der Waals surface area (Å²) in [7, 11) is 1.54. The molecule has 0 unspecified atom stereocenters. The number of methoxy groups -OCH3 is 1. The third-order valence-corrected chi connectivity index (χ3v) is 7.08. The lowest BCUT2D eigenvalue weighted by atomic mass is 10.1. The van der Waals surface area contributed by atoms with E-state index in [1.165, 1.54) is 11.6 Å². The molecule has 7 rings (SSSR count). The van der Waals surface area contributed by atoms with Gasteiger partial charge in [0, 0.05) is 42.8 Å². The fraction of sp³-hybridized carbons (Fsp3) is 0.357. The lowest BCUT2D eigenvalue weighted by Crippen LogP contribution is -2.63. The Labute approximate surface area is 245 Å². The van der Waals surface area contributed by atoms with Crippen molar-refractivity contribution in [1.82, 2.24) is 40.3 Å². The van der Waals surface area contributed by atoms with E-state index in [9.17, 15) is 4.79 Å². The normalized spacial score (nSPS) is 15.8. The number of carbonyl (C=O) groups is 1. The molecule has 0 aliphatic carbocycles. The van der Waals surface area contributed by atoms with Crippen LogP contribution in [0.2, 0.25) is 0 Å². The van der Waals surface area contributed by atoms with Crippen molar-refractivity contribution in [2.24, 2.45) is 0 Å². The Hall–Kier alpha value is -5.34. The highest BCUT2D eigenvalue weighted by molar-refractivity contribution is 5.71. The van der Waals surface area contributed by atoms with Crippen LogP contribution in [0.25, 0.3) is 29.4 Å². The van der Waals surface area contributed by atoms with E-state index in [0.29, 0.717) is 41.8 Å². The molecule has 0 bridgehead atoms. The van der Waals surface area contributed by atoms with E-state index in [1.807, 2.05) is 55.2 Å². The van der Waals surface area contributed by atoms with Crippen molar-refractivity contribution in [3.8, 4) is 23.1 Å². The van der Waals surface area contributed by atoms with Crippen molar-refractivity contribution in [3.63, 3.8) is 0 Å². The average molecular weight is 587 g/mol. The topological polar surface area (TPSA) is 149 Å². The summed E-state index contributed by atoms with van der Waals surface area (Å²) in [6, 6.07) is 5.63. The summed E-state index contributed by atoms with van der Waals surface area (Å²) in [5.74, 6) is 2.46. The number of aromatic nitrogens is 6. The van der Waals surface area contributed by atoms with Crippen LogP contribution in [0.4, 0.5) is 16.3 Å². The molecule has 0 atom stereocenters. The highest BCUT2D eigenvalue weighted by Crippen LogP contribution is 2.28. The van der Waals surface area contributed by atoms with Gasteiger partial charge in [0.2, 0.25) is 5.82 Å². The number of rotatable bonds is 6. The van der Waals surface area contributed by atoms with Gasteiger partial charge in [-0.1, -0.05) is 5.16 Å². The number of anilines is 2. The number of likely N-dealkylation sites (tertiary alicyclic amines) is 1. The van der Waals surface area contributed by atoms with Gasteiger partial charge in [-0.15, -0.1) is 15.3 Å². The number of carbonyl (C=O) groups excluding carboxylic acids is 1. The van der Waals surface area contributed by atoms with E-state index in [-0.39, 0.29) is 24.7 Å². The van der Waals surface area contributed by atoms with Gasteiger partial charge in [0.05, 0.1) is 18.8 Å². The van der Waals surface area contributed by atoms with E-state index in [2.05, 4.69) is 31.9 Å². The minimum Gasteiger partial charge on any atom is -0.491 e. The molecule has 4 aromatic rings. The summed E-state index contributed by atoms with van der Waals surface area (Å²) < 4.78 is 23.9. The molecule has 1 fully saturated rings. The van der Waals surface area contributed by atoms with Gasteiger partial charge >= 0.3 is 6.09 Å². The number of nitrogens with one attached hydrogen (secondary N) is 1. The number of allylic oxidation sites excluding steroid dienone is 1. The first-order valence-electron chi connectivity index (χ1n) is 13.7. The predicted molar refractivity (Wildman–Crippen MR) is 154 cm³/mol. The molecular formula is C28H30N10O5. The molecule has 0 aromatic carbocycles. The Morgan fingerprint density at radius 2 is 2.02 bits per heavy atom. The van der Waals surface area contributed by atoms with Crippen LogP contribution in [0.1, 0.15) is 26.5 Å². The lowest BCUT2D eigenvalue weighted by Gasteiger charge is -2.44. The van der Waals surface area contributed by atoms with Gasteiger partial charge < -0.3 is 29.1 Å². The Kier molecular flexibility index (Phi) is 6.11. The molecular weight excluding hydrogens is 556 g/mol. The van der Waals surface area contributed by atoms with E-state index in [0.717, 1.165) is 22.1 Å². The molecule has 0 spiro atoms. The molecule has 15 heteroatoms. The zero-order chi connectivity index (χ0) is 29.9. The smallest absolute Gasteiger partial charge is 0.410 e. The quantitative estimate of drug-likeness (QED) is 0.347. The third kappa shape index (κ3) is 4.81. The minimum absolute atomic E-state index is 0.0978. The number of pyridine rings is 1. The number of hydrazine groups is 1. The van der Waals surface area contributed by atoms with Crippen LogP contribution in [-0.4, -0.2) is 79.5 Å². The summed E-state index contributed by atoms with van der Waals surface area (Å²) in [6.07, 6.45) is 7.38. The first-order valence-corrected chi connectivity index (χ1v) is 13.7. The number of nitrogens with zero attached hydrogens (tertiary/aromatic N) is 9. The lowest BCUT2D eigenvalue weighted by molar-refractivity contribution is 0.00774. The van der Waals surface area contributed by atoms with Crippen LogP contribution >= 0.6 is 0 Å². The molecule has 15 nitrogen and oxygen atoms in total. The SMILES string of the molecule is COc1cc2nnc(-c3cc(C)on3)n2nc1OCN1C=CC=c2cc3c(nc21)=CNN3C1CN(C(=O)OC(C)(C)C)C1. The van der Waals surface area contributed by atoms with Gasteiger partial charge in [-0.25, -0.2) is 9.78 Å².